The van der Waals surface area contributed by atoms with Gasteiger partial charge < -0.3 is 11.1 Å². The van der Waals surface area contributed by atoms with Crippen molar-refractivity contribution in [3.8, 4) is 0 Å². The number of rotatable bonds is 7. The van der Waals surface area contributed by atoms with Crippen molar-refractivity contribution >= 4 is 5.91 Å². The predicted molar refractivity (Wildman–Crippen MR) is 88.2 cm³/mol. The van der Waals surface area contributed by atoms with Crippen LogP contribution >= 0.6 is 0 Å². The van der Waals surface area contributed by atoms with Crippen molar-refractivity contribution in [2.24, 2.45) is 5.73 Å². The van der Waals surface area contributed by atoms with E-state index in [4.69, 9.17) is 5.73 Å². The monoisotopic (exact) mass is 298 g/mol. The fourth-order valence-corrected chi connectivity index (χ4v) is 3.48. The lowest BCUT2D eigenvalue weighted by molar-refractivity contribution is -0.125. The first kappa shape index (κ1) is 18.4. The molecule has 21 heavy (non-hydrogen) atoms. The number of piperazine rings is 1. The molecule has 0 radical (unpaired) electrons. The minimum Gasteiger partial charge on any atom is -0.368 e. The first-order valence-electron chi connectivity index (χ1n) is 8.25. The van der Waals surface area contributed by atoms with Crippen molar-refractivity contribution in [2.75, 3.05) is 26.2 Å². The van der Waals surface area contributed by atoms with Crippen LogP contribution in [-0.4, -0.2) is 65.6 Å². The largest absolute Gasteiger partial charge is 0.368 e. The molecule has 124 valence electrons. The average Bonchev–Trinajstić information content (AvgIpc) is 2.37. The summed E-state index contributed by atoms with van der Waals surface area (Å²) in [5, 5.41) is 3.35. The van der Waals surface area contributed by atoms with Gasteiger partial charge in [-0.15, -0.1) is 0 Å². The second-order valence-electron chi connectivity index (χ2n) is 7.02. The average molecular weight is 298 g/mol. The number of nitrogens with two attached hydrogens (primary N) is 1. The van der Waals surface area contributed by atoms with Crippen LogP contribution in [0.4, 0.5) is 0 Å². The van der Waals surface area contributed by atoms with Crippen molar-refractivity contribution in [1.82, 2.24) is 15.1 Å². The number of nitrogens with one attached hydrogen (secondary N) is 1. The normalized spacial score (nSPS) is 25.8. The smallest absolute Gasteiger partial charge is 0.237 e. The standard InChI is InChI=1S/C16H34N4O/c1-7-19-8-9-20(11-14(19)5)13(4)10-16(6,15(17)21)18-12(2)3/h12-14,18H,7-11H2,1-6H3,(H2,17,21). The van der Waals surface area contributed by atoms with Gasteiger partial charge in [0.2, 0.25) is 5.91 Å². The van der Waals surface area contributed by atoms with E-state index in [0.717, 1.165) is 32.6 Å². The first-order valence-corrected chi connectivity index (χ1v) is 8.25. The van der Waals surface area contributed by atoms with Crippen LogP contribution in [-0.2, 0) is 4.79 Å². The van der Waals surface area contributed by atoms with Crippen molar-refractivity contribution in [1.29, 1.82) is 0 Å². The molecule has 0 bridgehead atoms. The molecule has 1 fully saturated rings. The molecule has 1 amide bonds. The van der Waals surface area contributed by atoms with Gasteiger partial charge in [0.05, 0.1) is 5.54 Å². The summed E-state index contributed by atoms with van der Waals surface area (Å²) in [7, 11) is 0. The van der Waals surface area contributed by atoms with E-state index in [9.17, 15) is 4.79 Å². The first-order chi connectivity index (χ1) is 9.69. The third-order valence-electron chi connectivity index (χ3n) is 4.68. The van der Waals surface area contributed by atoms with Crippen LogP contribution in [0.5, 0.6) is 0 Å². The molecule has 0 aromatic heterocycles. The molecule has 0 aromatic rings. The summed E-state index contributed by atoms with van der Waals surface area (Å²) in [4.78, 5) is 16.9. The highest BCUT2D eigenvalue weighted by atomic mass is 16.1. The molecule has 1 aliphatic rings. The Morgan fingerprint density at radius 1 is 1.38 bits per heavy atom. The van der Waals surface area contributed by atoms with Crippen molar-refractivity contribution < 1.29 is 4.79 Å². The Kier molecular flexibility index (Phi) is 6.63. The Morgan fingerprint density at radius 3 is 2.43 bits per heavy atom. The van der Waals surface area contributed by atoms with Gasteiger partial charge in [-0.1, -0.05) is 6.92 Å². The second-order valence-corrected chi connectivity index (χ2v) is 7.02. The van der Waals surface area contributed by atoms with Gasteiger partial charge in [-0.25, -0.2) is 0 Å². The lowest BCUT2D eigenvalue weighted by Crippen LogP contribution is -2.60. The number of primary amides is 1. The lowest BCUT2D eigenvalue weighted by atomic mass is 9.90. The van der Waals surface area contributed by atoms with Gasteiger partial charge in [-0.3, -0.25) is 14.6 Å². The van der Waals surface area contributed by atoms with Crippen LogP contribution in [0.2, 0.25) is 0 Å². The van der Waals surface area contributed by atoms with Crippen LogP contribution < -0.4 is 11.1 Å². The van der Waals surface area contributed by atoms with Gasteiger partial charge in [-0.2, -0.15) is 0 Å². The van der Waals surface area contributed by atoms with E-state index in [1.807, 2.05) is 20.8 Å². The summed E-state index contributed by atoms with van der Waals surface area (Å²) in [6.07, 6.45) is 0.749. The fourth-order valence-electron chi connectivity index (χ4n) is 3.48. The molecule has 3 unspecified atom stereocenters. The Morgan fingerprint density at radius 2 is 2.00 bits per heavy atom. The molecular formula is C16H34N4O. The third kappa shape index (κ3) is 4.94. The number of amides is 1. The van der Waals surface area contributed by atoms with Gasteiger partial charge in [-0.05, 0) is 47.6 Å². The number of nitrogens with zero attached hydrogens (tertiary/aromatic N) is 2. The highest BCUT2D eigenvalue weighted by molar-refractivity contribution is 5.84. The summed E-state index contributed by atoms with van der Waals surface area (Å²) in [5.74, 6) is -0.261. The molecule has 5 nitrogen and oxygen atoms in total. The Balaban J connectivity index is 2.66. The van der Waals surface area contributed by atoms with E-state index in [0.29, 0.717) is 12.1 Å². The number of hydrogen-bond donors (Lipinski definition) is 2. The maximum atomic E-state index is 11.9. The Hall–Kier alpha value is -0.650. The van der Waals surface area contributed by atoms with E-state index in [2.05, 4.69) is 35.9 Å². The highest BCUT2D eigenvalue weighted by Crippen LogP contribution is 2.20. The van der Waals surface area contributed by atoms with E-state index in [1.165, 1.54) is 0 Å². The molecule has 0 spiro atoms. The number of likely N-dealkylation sites (N-methyl/N-ethyl adjacent to an activating group) is 1. The van der Waals surface area contributed by atoms with Crippen molar-refractivity contribution in [3.63, 3.8) is 0 Å². The zero-order valence-corrected chi connectivity index (χ0v) is 14.6. The van der Waals surface area contributed by atoms with Crippen LogP contribution in [0.25, 0.3) is 0 Å². The molecule has 1 saturated heterocycles. The van der Waals surface area contributed by atoms with Crippen LogP contribution in [0.15, 0.2) is 0 Å². The fraction of sp³-hybridized carbons (Fsp3) is 0.938. The number of carbonyl (C=O) groups is 1. The van der Waals surface area contributed by atoms with E-state index < -0.39 is 5.54 Å². The summed E-state index contributed by atoms with van der Waals surface area (Å²) < 4.78 is 0. The lowest BCUT2D eigenvalue weighted by Gasteiger charge is -2.44. The maximum absolute atomic E-state index is 11.9. The Bertz CT molecular complexity index is 347. The molecule has 0 saturated carbocycles. The molecule has 3 N–H and O–H groups in total. The van der Waals surface area contributed by atoms with Gasteiger partial charge in [0.15, 0.2) is 0 Å². The Labute approximate surface area is 130 Å². The summed E-state index contributed by atoms with van der Waals surface area (Å²) in [6.45, 7) is 17.1. The molecule has 0 aromatic carbocycles. The predicted octanol–water partition coefficient (Wildman–Crippen LogP) is 1.03. The molecule has 1 rings (SSSR count). The van der Waals surface area contributed by atoms with Gasteiger partial charge in [0.25, 0.3) is 0 Å². The number of hydrogen-bond acceptors (Lipinski definition) is 4. The molecule has 1 aliphatic heterocycles. The van der Waals surface area contributed by atoms with E-state index >= 15 is 0 Å². The number of carbonyl (C=O) groups excluding carboxylic acids is 1. The summed E-state index contributed by atoms with van der Waals surface area (Å²) in [6, 6.07) is 1.16. The second kappa shape index (κ2) is 7.56. The quantitative estimate of drug-likeness (QED) is 0.737. The minimum atomic E-state index is -0.640. The third-order valence-corrected chi connectivity index (χ3v) is 4.68. The van der Waals surface area contributed by atoms with Crippen LogP contribution in [0.3, 0.4) is 0 Å². The minimum absolute atomic E-state index is 0.241. The summed E-state index contributed by atoms with van der Waals surface area (Å²) in [5.41, 5.74) is 5.00. The van der Waals surface area contributed by atoms with E-state index in [-0.39, 0.29) is 11.9 Å². The highest BCUT2D eigenvalue weighted by Gasteiger charge is 2.36. The molecule has 5 heteroatoms. The van der Waals surface area contributed by atoms with Gasteiger partial charge in [0, 0.05) is 37.8 Å². The molecule has 3 atom stereocenters. The molecular weight excluding hydrogens is 264 g/mol. The zero-order valence-electron chi connectivity index (χ0n) is 14.6. The van der Waals surface area contributed by atoms with Crippen LogP contribution in [0, 0.1) is 0 Å². The molecule has 1 heterocycles. The van der Waals surface area contributed by atoms with Crippen LogP contribution in [0.1, 0.15) is 48.0 Å². The summed E-state index contributed by atoms with van der Waals surface area (Å²) >= 11 is 0. The maximum Gasteiger partial charge on any atom is 0.237 e. The van der Waals surface area contributed by atoms with E-state index in [1.54, 1.807) is 0 Å². The van der Waals surface area contributed by atoms with Gasteiger partial charge in [0.1, 0.15) is 0 Å². The van der Waals surface area contributed by atoms with Gasteiger partial charge >= 0.3 is 0 Å². The topological polar surface area (TPSA) is 61.6 Å². The van der Waals surface area contributed by atoms with Crippen molar-refractivity contribution in [2.45, 2.75) is 71.6 Å². The SMILES string of the molecule is CCN1CCN(C(C)CC(C)(NC(C)C)C(N)=O)CC1C. The zero-order chi connectivity index (χ0) is 16.2. The molecule has 0 aliphatic carbocycles. The van der Waals surface area contributed by atoms with Crippen molar-refractivity contribution in [3.05, 3.63) is 0 Å².